The molecule has 0 spiro atoms. The fourth-order valence-corrected chi connectivity index (χ4v) is 4.30. The van der Waals surface area contributed by atoms with E-state index in [1.54, 1.807) is 13.0 Å². The van der Waals surface area contributed by atoms with Crippen LogP contribution in [-0.2, 0) is 9.59 Å². The van der Waals surface area contributed by atoms with Crippen molar-refractivity contribution in [3.63, 3.8) is 0 Å². The number of aromatic nitrogens is 3. The van der Waals surface area contributed by atoms with E-state index in [2.05, 4.69) is 20.6 Å². The second-order valence-corrected chi connectivity index (χ2v) is 7.84. The highest BCUT2D eigenvalue weighted by Crippen LogP contribution is 2.40. The predicted octanol–water partition coefficient (Wildman–Crippen LogP) is 0.486. The number of hydrogen-bond acceptors (Lipinski definition) is 6. The van der Waals surface area contributed by atoms with Crippen molar-refractivity contribution in [2.45, 2.75) is 71.2 Å². The number of aliphatic hydroxyl groups excluding tert-OH is 1. The van der Waals surface area contributed by atoms with E-state index in [1.807, 2.05) is 13.8 Å². The van der Waals surface area contributed by atoms with Crippen LogP contribution in [0.15, 0.2) is 22.8 Å². The maximum atomic E-state index is 12.3. The Labute approximate surface area is 181 Å². The third-order valence-electron chi connectivity index (χ3n) is 5.85. The third-order valence-corrected chi connectivity index (χ3v) is 5.85. The molecule has 7 N–H and O–H groups in total. The second kappa shape index (κ2) is 10.4. The number of carbonyl (C=O) groups excluding carboxylic acids is 1. The summed E-state index contributed by atoms with van der Waals surface area (Å²) in [6, 6.07) is -2.31. The van der Waals surface area contributed by atoms with Gasteiger partial charge in [-0.3, -0.25) is 4.79 Å². The average Bonchev–Trinajstić information content (AvgIpc) is 3.19. The van der Waals surface area contributed by atoms with Crippen LogP contribution in [0.4, 0.5) is 0 Å². The zero-order chi connectivity index (χ0) is 23.3. The molecule has 1 amide bonds. The highest BCUT2D eigenvalue weighted by atomic mass is 16.4. The smallest absolute Gasteiger partial charge is 0.333 e. The average molecular weight is 436 g/mol. The van der Waals surface area contributed by atoms with Gasteiger partial charge in [0.05, 0.1) is 23.9 Å². The first-order chi connectivity index (χ1) is 14.6. The number of guanidine groups is 1. The molecule has 1 unspecified atom stereocenters. The fourth-order valence-electron chi connectivity index (χ4n) is 4.30. The summed E-state index contributed by atoms with van der Waals surface area (Å²) in [6.45, 7) is 7.23. The van der Waals surface area contributed by atoms with Gasteiger partial charge in [-0.05, 0) is 12.3 Å². The van der Waals surface area contributed by atoms with Crippen LogP contribution in [0.2, 0.25) is 0 Å². The van der Waals surface area contributed by atoms with Crippen LogP contribution in [0.25, 0.3) is 0 Å². The molecule has 1 aliphatic rings. The van der Waals surface area contributed by atoms with Crippen LogP contribution >= 0.6 is 0 Å². The van der Waals surface area contributed by atoms with Crippen molar-refractivity contribution in [3.8, 4) is 0 Å². The van der Waals surface area contributed by atoms with Crippen LogP contribution in [0.1, 0.15) is 64.8 Å². The van der Waals surface area contributed by atoms with Crippen molar-refractivity contribution in [2.24, 2.45) is 28.3 Å². The van der Waals surface area contributed by atoms with Crippen LogP contribution in [0.3, 0.4) is 0 Å². The molecule has 0 radical (unpaired) electrons. The number of nitrogens with two attached hydrogens (primary N) is 2. The van der Waals surface area contributed by atoms with E-state index in [9.17, 15) is 19.8 Å². The zero-order valence-corrected chi connectivity index (χ0v) is 18.4. The Morgan fingerprint density at radius 2 is 1.90 bits per heavy atom. The molecular formula is C20H33N7O4. The molecule has 0 aromatic carbocycles. The Hall–Kier alpha value is -2.95. The minimum atomic E-state index is -1.13. The van der Waals surface area contributed by atoms with E-state index < -0.39 is 30.2 Å². The Bertz CT molecular complexity index is 842. The number of nitrogens with one attached hydrogen (secondary N) is 1. The second-order valence-electron chi connectivity index (χ2n) is 7.84. The first-order valence-electron chi connectivity index (χ1n) is 10.5. The van der Waals surface area contributed by atoms with Gasteiger partial charge in [-0.15, -0.1) is 5.10 Å². The van der Waals surface area contributed by atoms with Crippen molar-refractivity contribution in [2.75, 3.05) is 0 Å². The number of carbonyl (C=O) groups is 2. The molecule has 1 aromatic rings. The molecule has 11 nitrogen and oxygen atoms in total. The summed E-state index contributed by atoms with van der Waals surface area (Å²) in [5.41, 5.74) is 11.8. The molecular weight excluding hydrogens is 402 g/mol. The molecule has 172 valence electrons. The Morgan fingerprint density at radius 1 is 1.26 bits per heavy atom. The van der Waals surface area contributed by atoms with Gasteiger partial charge in [0.2, 0.25) is 5.91 Å². The van der Waals surface area contributed by atoms with Crippen LogP contribution in [0, 0.1) is 11.8 Å². The number of nitrogens with zero attached hydrogens (tertiary/aromatic N) is 4. The molecule has 0 fully saturated rings. The molecule has 1 aromatic heterocycles. The summed E-state index contributed by atoms with van der Waals surface area (Å²) in [4.78, 5) is 28.7. The third kappa shape index (κ3) is 5.40. The van der Waals surface area contributed by atoms with Gasteiger partial charge >= 0.3 is 5.97 Å². The molecule has 0 bridgehead atoms. The number of carboxylic acid groups (broad SMARTS) is 1. The Balaban J connectivity index is 2.72. The van der Waals surface area contributed by atoms with Gasteiger partial charge in [0, 0.05) is 12.8 Å². The fraction of sp³-hybridized carbons (Fsp3) is 0.650. The van der Waals surface area contributed by atoms with E-state index in [4.69, 9.17) is 11.5 Å². The largest absolute Gasteiger partial charge is 0.478 e. The number of rotatable bonds is 9. The lowest BCUT2D eigenvalue weighted by atomic mass is 9.71. The van der Waals surface area contributed by atoms with Crippen molar-refractivity contribution >= 4 is 17.8 Å². The van der Waals surface area contributed by atoms with E-state index >= 15 is 0 Å². The molecule has 11 heteroatoms. The lowest BCUT2D eigenvalue weighted by Gasteiger charge is -2.42. The topological polar surface area (TPSA) is 182 Å². The molecule has 2 rings (SSSR count). The first kappa shape index (κ1) is 24.3. The van der Waals surface area contributed by atoms with Crippen molar-refractivity contribution in [3.05, 3.63) is 23.5 Å². The zero-order valence-electron chi connectivity index (χ0n) is 18.4. The molecule has 1 heterocycles. The van der Waals surface area contributed by atoms with Gasteiger partial charge < -0.3 is 27.0 Å². The van der Waals surface area contributed by atoms with Crippen LogP contribution in [-0.4, -0.2) is 55.1 Å². The standard InChI is InChI=1S/C20H33N7O4/c1-5-11(6-2)12-8-13(19(30)31)18(27-9-14(25-26-27)15(29)7-3)17(24-20(21)22)16(12)23-10(4)28/h8-9,11-12,15-18,29H,5-7H2,1-4H3,(H,23,28)(H,30,31)(H4,21,22,24)/t12-,15?,16-,17+,18-/m0/s1. The van der Waals surface area contributed by atoms with E-state index in [1.165, 1.54) is 17.8 Å². The van der Waals surface area contributed by atoms with Crippen LogP contribution < -0.4 is 16.8 Å². The number of aliphatic carboxylic acids is 1. The Kier molecular flexibility index (Phi) is 8.14. The predicted molar refractivity (Wildman–Crippen MR) is 115 cm³/mol. The molecule has 5 atom stereocenters. The van der Waals surface area contributed by atoms with E-state index in [0.29, 0.717) is 12.1 Å². The minimum Gasteiger partial charge on any atom is -0.478 e. The van der Waals surface area contributed by atoms with Gasteiger partial charge in [0.25, 0.3) is 0 Å². The number of carboxylic acids is 1. The molecule has 31 heavy (non-hydrogen) atoms. The van der Waals surface area contributed by atoms with Gasteiger partial charge in [-0.1, -0.05) is 44.9 Å². The van der Waals surface area contributed by atoms with Gasteiger partial charge in [-0.25, -0.2) is 14.5 Å². The van der Waals surface area contributed by atoms with Crippen molar-refractivity contribution in [1.29, 1.82) is 0 Å². The maximum Gasteiger partial charge on any atom is 0.333 e. The molecule has 0 saturated heterocycles. The lowest BCUT2D eigenvalue weighted by molar-refractivity contribution is -0.133. The van der Waals surface area contributed by atoms with Crippen molar-refractivity contribution in [1.82, 2.24) is 20.3 Å². The Morgan fingerprint density at radius 3 is 2.39 bits per heavy atom. The monoisotopic (exact) mass is 435 g/mol. The summed E-state index contributed by atoms with van der Waals surface area (Å²) in [5, 5.41) is 31.1. The van der Waals surface area contributed by atoms with Crippen LogP contribution in [0.5, 0.6) is 0 Å². The SMILES string of the molecule is CCC(O)c1cn([C@H]2C(C(=O)O)=C[C@@H](C(CC)CC)[C@H](NC(C)=O)[C@H]2N=C(N)N)nn1. The first-order valence-corrected chi connectivity index (χ1v) is 10.5. The molecule has 0 aliphatic heterocycles. The summed E-state index contributed by atoms with van der Waals surface area (Å²) in [7, 11) is 0. The number of aliphatic hydroxyl groups is 1. The summed E-state index contributed by atoms with van der Waals surface area (Å²) >= 11 is 0. The maximum absolute atomic E-state index is 12.3. The van der Waals surface area contributed by atoms with E-state index in [0.717, 1.165) is 12.8 Å². The summed E-state index contributed by atoms with van der Waals surface area (Å²) in [5.74, 6) is -1.82. The molecule has 1 aliphatic carbocycles. The number of hydrogen-bond donors (Lipinski definition) is 5. The lowest BCUT2D eigenvalue weighted by Crippen LogP contribution is -2.55. The van der Waals surface area contributed by atoms with Gasteiger partial charge in [0.1, 0.15) is 17.8 Å². The summed E-state index contributed by atoms with van der Waals surface area (Å²) < 4.78 is 1.35. The quantitative estimate of drug-likeness (QED) is 0.274. The highest BCUT2D eigenvalue weighted by Gasteiger charge is 2.46. The number of amides is 1. The van der Waals surface area contributed by atoms with Gasteiger partial charge in [-0.2, -0.15) is 0 Å². The molecule has 0 saturated carbocycles. The van der Waals surface area contributed by atoms with E-state index in [-0.39, 0.29) is 29.3 Å². The summed E-state index contributed by atoms with van der Waals surface area (Å²) in [6.07, 6.45) is 4.34. The van der Waals surface area contributed by atoms with Crippen molar-refractivity contribution < 1.29 is 19.8 Å². The van der Waals surface area contributed by atoms with Gasteiger partial charge in [0.15, 0.2) is 5.96 Å². The number of aliphatic imine (C=N–C) groups is 1. The highest BCUT2D eigenvalue weighted by molar-refractivity contribution is 5.88. The minimum absolute atomic E-state index is 0.0657. The normalized spacial score (nSPS) is 24.4.